The molecule has 2 aliphatic heterocycles. The molecule has 1 aromatic carbocycles. The van der Waals surface area contributed by atoms with Gasteiger partial charge in [-0.2, -0.15) is 0 Å². The van der Waals surface area contributed by atoms with Gasteiger partial charge in [0.15, 0.2) is 0 Å². The highest BCUT2D eigenvalue weighted by molar-refractivity contribution is 5.95. The van der Waals surface area contributed by atoms with Crippen molar-refractivity contribution in [3.8, 4) is 0 Å². The summed E-state index contributed by atoms with van der Waals surface area (Å²) in [5.74, 6) is 0.877. The molecule has 1 N–H and O–H groups in total. The van der Waals surface area contributed by atoms with E-state index in [1.165, 1.54) is 18.4 Å². The van der Waals surface area contributed by atoms with Gasteiger partial charge >= 0.3 is 0 Å². The zero-order chi connectivity index (χ0) is 13.9. The molecular formula is C16H23N3O. The van der Waals surface area contributed by atoms with Gasteiger partial charge in [0.2, 0.25) is 5.91 Å². The third-order valence-corrected chi connectivity index (χ3v) is 4.43. The number of carbonyl (C=O) groups excluding carboxylic acids is 1. The normalized spacial score (nSPS) is 22.2. The number of hydrogen-bond donors (Lipinski definition) is 1. The molecular weight excluding hydrogens is 250 g/mol. The molecule has 108 valence electrons. The van der Waals surface area contributed by atoms with Crippen LogP contribution in [0.4, 0.5) is 5.69 Å². The Morgan fingerprint density at radius 1 is 1.10 bits per heavy atom. The quantitative estimate of drug-likeness (QED) is 0.885. The van der Waals surface area contributed by atoms with Gasteiger partial charge in [0.05, 0.1) is 6.54 Å². The lowest BCUT2D eigenvalue weighted by Gasteiger charge is -2.32. The first-order chi connectivity index (χ1) is 9.74. The van der Waals surface area contributed by atoms with E-state index in [1.807, 2.05) is 11.9 Å². The van der Waals surface area contributed by atoms with Crippen molar-refractivity contribution in [1.82, 2.24) is 10.2 Å². The summed E-state index contributed by atoms with van der Waals surface area (Å²) in [6.07, 6.45) is 2.43. The number of nitrogens with zero attached hydrogens (tertiary/aromatic N) is 2. The van der Waals surface area contributed by atoms with Gasteiger partial charge in [0.25, 0.3) is 0 Å². The number of piperazine rings is 1. The second-order valence-electron chi connectivity index (χ2n) is 5.90. The number of likely N-dealkylation sites (N-methyl/N-ethyl adjacent to an activating group) is 1. The molecule has 1 amide bonds. The van der Waals surface area contributed by atoms with Crippen LogP contribution >= 0.6 is 0 Å². The van der Waals surface area contributed by atoms with Crippen LogP contribution in [0, 0.1) is 0 Å². The van der Waals surface area contributed by atoms with Crippen molar-refractivity contribution in [3.05, 3.63) is 29.8 Å². The SMILES string of the molecule is CN1CCN(c2ccc(C3CCNCC3)cc2)C(=O)C1. The summed E-state index contributed by atoms with van der Waals surface area (Å²) in [5, 5.41) is 3.40. The van der Waals surface area contributed by atoms with Gasteiger partial charge in [0, 0.05) is 18.8 Å². The van der Waals surface area contributed by atoms with Crippen molar-refractivity contribution < 1.29 is 4.79 Å². The molecule has 4 nitrogen and oxygen atoms in total. The Morgan fingerprint density at radius 3 is 2.45 bits per heavy atom. The standard InChI is InChI=1S/C16H23N3O/c1-18-10-11-19(16(20)12-18)15-4-2-13(3-5-15)14-6-8-17-9-7-14/h2-5,14,17H,6-12H2,1H3. The molecule has 2 saturated heterocycles. The predicted octanol–water partition coefficient (Wildman–Crippen LogP) is 1.43. The minimum atomic E-state index is 0.202. The summed E-state index contributed by atoms with van der Waals surface area (Å²) >= 11 is 0. The van der Waals surface area contributed by atoms with Crippen molar-refractivity contribution in [2.45, 2.75) is 18.8 Å². The number of benzene rings is 1. The molecule has 3 rings (SSSR count). The number of hydrogen-bond acceptors (Lipinski definition) is 3. The fraction of sp³-hybridized carbons (Fsp3) is 0.562. The van der Waals surface area contributed by atoms with Gasteiger partial charge in [-0.3, -0.25) is 9.69 Å². The maximum Gasteiger partial charge on any atom is 0.241 e. The van der Waals surface area contributed by atoms with Gasteiger partial charge in [-0.05, 0) is 56.6 Å². The second kappa shape index (κ2) is 5.94. The van der Waals surface area contributed by atoms with Gasteiger partial charge in [-0.1, -0.05) is 12.1 Å². The molecule has 2 heterocycles. The highest BCUT2D eigenvalue weighted by atomic mass is 16.2. The summed E-state index contributed by atoms with van der Waals surface area (Å²) in [5.41, 5.74) is 2.46. The largest absolute Gasteiger partial charge is 0.317 e. The first-order valence-electron chi connectivity index (χ1n) is 7.53. The van der Waals surface area contributed by atoms with Crippen LogP contribution in [0.3, 0.4) is 0 Å². The van der Waals surface area contributed by atoms with Crippen molar-refractivity contribution in [2.24, 2.45) is 0 Å². The van der Waals surface area contributed by atoms with E-state index in [9.17, 15) is 4.79 Å². The van der Waals surface area contributed by atoms with E-state index in [-0.39, 0.29) is 5.91 Å². The summed E-state index contributed by atoms with van der Waals surface area (Å²) in [6, 6.07) is 8.63. The van der Waals surface area contributed by atoms with Crippen molar-refractivity contribution >= 4 is 11.6 Å². The molecule has 2 fully saturated rings. The molecule has 20 heavy (non-hydrogen) atoms. The predicted molar refractivity (Wildman–Crippen MR) is 81.1 cm³/mol. The van der Waals surface area contributed by atoms with E-state index in [2.05, 4.69) is 34.5 Å². The van der Waals surface area contributed by atoms with Crippen molar-refractivity contribution in [1.29, 1.82) is 0 Å². The average molecular weight is 273 g/mol. The van der Waals surface area contributed by atoms with E-state index in [1.54, 1.807) is 0 Å². The van der Waals surface area contributed by atoms with E-state index in [0.717, 1.165) is 31.9 Å². The van der Waals surface area contributed by atoms with Gasteiger partial charge in [-0.15, -0.1) is 0 Å². The summed E-state index contributed by atoms with van der Waals surface area (Å²) < 4.78 is 0. The van der Waals surface area contributed by atoms with Crippen molar-refractivity contribution in [2.75, 3.05) is 44.7 Å². The Balaban J connectivity index is 1.70. The molecule has 0 bridgehead atoms. The molecule has 0 aromatic heterocycles. The molecule has 0 saturated carbocycles. The molecule has 2 aliphatic rings. The van der Waals surface area contributed by atoms with Crippen LogP contribution in [-0.4, -0.2) is 50.6 Å². The van der Waals surface area contributed by atoms with Crippen LogP contribution in [-0.2, 0) is 4.79 Å². The maximum absolute atomic E-state index is 12.1. The molecule has 0 spiro atoms. The van der Waals surface area contributed by atoms with Crippen LogP contribution in [0.5, 0.6) is 0 Å². The lowest BCUT2D eigenvalue weighted by Crippen LogP contribution is -2.48. The number of nitrogens with one attached hydrogen (secondary N) is 1. The number of rotatable bonds is 2. The first kappa shape index (κ1) is 13.6. The number of anilines is 1. The smallest absolute Gasteiger partial charge is 0.241 e. The third kappa shape index (κ3) is 2.86. The number of piperidine rings is 1. The zero-order valence-electron chi connectivity index (χ0n) is 12.1. The maximum atomic E-state index is 12.1. The molecule has 0 unspecified atom stereocenters. The van der Waals surface area contributed by atoms with Crippen LogP contribution < -0.4 is 10.2 Å². The minimum Gasteiger partial charge on any atom is -0.317 e. The zero-order valence-corrected chi connectivity index (χ0v) is 12.1. The fourth-order valence-corrected chi connectivity index (χ4v) is 3.15. The highest BCUT2D eigenvalue weighted by Crippen LogP contribution is 2.27. The van der Waals surface area contributed by atoms with Crippen LogP contribution in [0.15, 0.2) is 24.3 Å². The summed E-state index contributed by atoms with van der Waals surface area (Å²) in [6.45, 7) is 4.49. The van der Waals surface area contributed by atoms with Crippen LogP contribution in [0.1, 0.15) is 24.3 Å². The lowest BCUT2D eigenvalue weighted by atomic mass is 9.90. The monoisotopic (exact) mass is 273 g/mol. The molecule has 1 aromatic rings. The van der Waals surface area contributed by atoms with E-state index >= 15 is 0 Å². The third-order valence-electron chi connectivity index (χ3n) is 4.43. The number of carbonyl (C=O) groups is 1. The molecule has 4 heteroatoms. The van der Waals surface area contributed by atoms with Gasteiger partial charge < -0.3 is 10.2 Å². The van der Waals surface area contributed by atoms with E-state index in [4.69, 9.17) is 0 Å². The van der Waals surface area contributed by atoms with Gasteiger partial charge in [0.1, 0.15) is 0 Å². The Hall–Kier alpha value is -1.39. The topological polar surface area (TPSA) is 35.6 Å². The van der Waals surface area contributed by atoms with Crippen LogP contribution in [0.25, 0.3) is 0 Å². The number of amides is 1. The molecule has 0 atom stereocenters. The lowest BCUT2D eigenvalue weighted by molar-refractivity contribution is -0.120. The fourth-order valence-electron chi connectivity index (χ4n) is 3.15. The Labute approximate surface area is 120 Å². The minimum absolute atomic E-state index is 0.202. The Kier molecular flexibility index (Phi) is 4.03. The van der Waals surface area contributed by atoms with Gasteiger partial charge in [-0.25, -0.2) is 0 Å². The van der Waals surface area contributed by atoms with Crippen LogP contribution in [0.2, 0.25) is 0 Å². The Bertz CT molecular complexity index is 465. The average Bonchev–Trinajstić information content (AvgIpc) is 2.48. The molecule has 0 aliphatic carbocycles. The Morgan fingerprint density at radius 2 is 1.80 bits per heavy atom. The van der Waals surface area contributed by atoms with E-state index in [0.29, 0.717) is 12.5 Å². The highest BCUT2D eigenvalue weighted by Gasteiger charge is 2.23. The molecule has 0 radical (unpaired) electrons. The van der Waals surface area contributed by atoms with Crippen molar-refractivity contribution in [3.63, 3.8) is 0 Å². The summed E-state index contributed by atoms with van der Waals surface area (Å²) in [4.78, 5) is 16.0. The first-order valence-corrected chi connectivity index (χ1v) is 7.53. The summed E-state index contributed by atoms with van der Waals surface area (Å²) in [7, 11) is 2.00. The van der Waals surface area contributed by atoms with E-state index < -0.39 is 0 Å². The second-order valence-corrected chi connectivity index (χ2v) is 5.90.